The molecule has 1 aromatic heterocycles. The number of piperidine rings is 1. The van der Waals surface area contributed by atoms with Crippen molar-refractivity contribution >= 4 is 22.6 Å². The number of aromatic nitrogens is 2. The third-order valence-electron chi connectivity index (χ3n) is 5.41. The summed E-state index contributed by atoms with van der Waals surface area (Å²) in [5.74, 6) is 1.35. The molecule has 3 aromatic rings. The number of benzene rings is 2. The lowest BCUT2D eigenvalue weighted by molar-refractivity contribution is -0.121. The van der Waals surface area contributed by atoms with Crippen LogP contribution in [0, 0.1) is 5.92 Å². The molecule has 1 amide bonds. The van der Waals surface area contributed by atoms with E-state index in [0.717, 1.165) is 56.0 Å². The number of anilines is 1. The molecule has 2 heterocycles. The molecule has 1 saturated heterocycles. The monoisotopic (exact) mass is 362 g/mol. The molecule has 1 aliphatic rings. The van der Waals surface area contributed by atoms with Crippen LogP contribution in [0.4, 0.5) is 5.69 Å². The Bertz CT molecular complexity index is 910. The highest BCUT2D eigenvalue weighted by Gasteiger charge is 2.26. The molecule has 2 aromatic carbocycles. The van der Waals surface area contributed by atoms with Gasteiger partial charge < -0.3 is 9.88 Å². The first kappa shape index (κ1) is 17.7. The van der Waals surface area contributed by atoms with Crippen LogP contribution in [0.15, 0.2) is 54.6 Å². The smallest absolute Gasteiger partial charge is 0.227 e. The summed E-state index contributed by atoms with van der Waals surface area (Å²) in [6, 6.07) is 18.0. The molecular formula is C22H26N4O. The molecule has 5 nitrogen and oxygen atoms in total. The fourth-order valence-electron chi connectivity index (χ4n) is 3.92. The summed E-state index contributed by atoms with van der Waals surface area (Å²) in [6.07, 6.45) is 1.79. The number of imidazole rings is 1. The lowest BCUT2D eigenvalue weighted by Gasteiger charge is -2.31. The molecule has 0 bridgehead atoms. The van der Waals surface area contributed by atoms with Gasteiger partial charge in [-0.25, -0.2) is 4.98 Å². The molecule has 0 atom stereocenters. The molecule has 0 aliphatic carbocycles. The number of amides is 1. The minimum atomic E-state index is 0.0893. The third-order valence-corrected chi connectivity index (χ3v) is 5.41. The van der Waals surface area contributed by atoms with E-state index in [1.165, 1.54) is 5.52 Å². The summed E-state index contributed by atoms with van der Waals surface area (Å²) >= 11 is 0. The second kappa shape index (κ2) is 7.92. The van der Waals surface area contributed by atoms with Gasteiger partial charge in [-0.2, -0.15) is 0 Å². The van der Waals surface area contributed by atoms with E-state index in [1.54, 1.807) is 0 Å². The summed E-state index contributed by atoms with van der Waals surface area (Å²) in [5.41, 5.74) is 3.14. The first-order valence-corrected chi connectivity index (χ1v) is 9.77. The van der Waals surface area contributed by atoms with Gasteiger partial charge in [0.05, 0.1) is 17.6 Å². The van der Waals surface area contributed by atoms with E-state index in [2.05, 4.69) is 39.9 Å². The second-order valence-electron chi connectivity index (χ2n) is 7.17. The number of hydrogen-bond acceptors (Lipinski definition) is 3. The second-order valence-corrected chi connectivity index (χ2v) is 7.17. The number of para-hydroxylation sites is 3. The van der Waals surface area contributed by atoms with E-state index in [9.17, 15) is 4.79 Å². The average Bonchev–Trinajstić information content (AvgIpc) is 3.06. The summed E-state index contributed by atoms with van der Waals surface area (Å²) in [4.78, 5) is 19.8. The van der Waals surface area contributed by atoms with Gasteiger partial charge in [-0.3, -0.25) is 9.69 Å². The fourth-order valence-corrected chi connectivity index (χ4v) is 3.92. The van der Waals surface area contributed by atoms with Gasteiger partial charge in [0.1, 0.15) is 5.82 Å². The molecule has 0 radical (unpaired) electrons. The number of nitrogens with zero attached hydrogens (tertiary/aromatic N) is 3. The van der Waals surface area contributed by atoms with E-state index >= 15 is 0 Å². The average molecular weight is 362 g/mol. The first-order chi connectivity index (χ1) is 13.2. The molecule has 0 unspecified atom stereocenters. The van der Waals surface area contributed by atoms with Gasteiger partial charge in [-0.1, -0.05) is 30.3 Å². The van der Waals surface area contributed by atoms with E-state index in [0.29, 0.717) is 0 Å². The Labute approximate surface area is 160 Å². The van der Waals surface area contributed by atoms with Crippen LogP contribution in [0.25, 0.3) is 11.0 Å². The van der Waals surface area contributed by atoms with Crippen LogP contribution in [0.3, 0.4) is 0 Å². The molecule has 0 spiro atoms. The van der Waals surface area contributed by atoms with Gasteiger partial charge in [0.25, 0.3) is 0 Å². The van der Waals surface area contributed by atoms with Crippen LogP contribution in [0.1, 0.15) is 25.6 Å². The van der Waals surface area contributed by atoms with Crippen molar-refractivity contribution in [2.24, 2.45) is 5.92 Å². The van der Waals surface area contributed by atoms with Crippen molar-refractivity contribution in [2.75, 3.05) is 18.4 Å². The lowest BCUT2D eigenvalue weighted by Crippen LogP contribution is -2.38. The topological polar surface area (TPSA) is 50.2 Å². The molecule has 1 aliphatic heterocycles. The van der Waals surface area contributed by atoms with Crippen LogP contribution in [0.2, 0.25) is 0 Å². The van der Waals surface area contributed by atoms with Gasteiger partial charge in [-0.15, -0.1) is 0 Å². The SMILES string of the molecule is CCn1c(CN2CCC(C(=O)Nc3ccccc3)CC2)nc2ccccc21. The highest BCUT2D eigenvalue weighted by Crippen LogP contribution is 2.22. The van der Waals surface area contributed by atoms with Crippen LogP contribution in [-0.2, 0) is 17.9 Å². The van der Waals surface area contributed by atoms with Gasteiger partial charge in [0.2, 0.25) is 5.91 Å². The predicted molar refractivity (Wildman–Crippen MR) is 108 cm³/mol. The van der Waals surface area contributed by atoms with Gasteiger partial charge in [-0.05, 0) is 57.1 Å². The number of aryl methyl sites for hydroxylation is 1. The van der Waals surface area contributed by atoms with Crippen molar-refractivity contribution in [3.63, 3.8) is 0 Å². The zero-order valence-electron chi connectivity index (χ0n) is 15.8. The minimum absolute atomic E-state index is 0.0893. The molecule has 5 heteroatoms. The van der Waals surface area contributed by atoms with Gasteiger partial charge >= 0.3 is 0 Å². The number of fused-ring (bicyclic) bond motifs is 1. The maximum absolute atomic E-state index is 12.5. The predicted octanol–water partition coefficient (Wildman–Crippen LogP) is 3.91. The molecule has 27 heavy (non-hydrogen) atoms. The Morgan fingerprint density at radius 1 is 1.07 bits per heavy atom. The number of hydrogen-bond donors (Lipinski definition) is 1. The van der Waals surface area contributed by atoms with E-state index < -0.39 is 0 Å². The van der Waals surface area contributed by atoms with Gasteiger partial charge in [0, 0.05) is 18.2 Å². The number of nitrogens with one attached hydrogen (secondary N) is 1. The number of carbonyl (C=O) groups is 1. The van der Waals surface area contributed by atoms with Crippen LogP contribution < -0.4 is 5.32 Å². The van der Waals surface area contributed by atoms with Crippen molar-refractivity contribution in [3.05, 3.63) is 60.4 Å². The Morgan fingerprint density at radius 3 is 2.52 bits per heavy atom. The maximum Gasteiger partial charge on any atom is 0.227 e. The van der Waals surface area contributed by atoms with E-state index in [1.807, 2.05) is 36.4 Å². The Kier molecular flexibility index (Phi) is 5.21. The van der Waals surface area contributed by atoms with Crippen LogP contribution >= 0.6 is 0 Å². The Balaban J connectivity index is 1.36. The number of likely N-dealkylation sites (tertiary alicyclic amines) is 1. The fraction of sp³-hybridized carbons (Fsp3) is 0.364. The van der Waals surface area contributed by atoms with E-state index in [4.69, 9.17) is 4.98 Å². The number of rotatable bonds is 5. The highest BCUT2D eigenvalue weighted by atomic mass is 16.1. The summed E-state index contributed by atoms with van der Waals surface area (Å²) in [6.45, 7) is 5.79. The zero-order valence-corrected chi connectivity index (χ0v) is 15.8. The van der Waals surface area contributed by atoms with Crippen molar-refractivity contribution < 1.29 is 4.79 Å². The molecule has 1 N–H and O–H groups in total. The first-order valence-electron chi connectivity index (χ1n) is 9.77. The maximum atomic E-state index is 12.5. The summed E-state index contributed by atoms with van der Waals surface area (Å²) < 4.78 is 2.30. The molecule has 0 saturated carbocycles. The van der Waals surface area contributed by atoms with Crippen molar-refractivity contribution in [3.8, 4) is 0 Å². The Hall–Kier alpha value is -2.66. The quantitative estimate of drug-likeness (QED) is 0.749. The summed E-state index contributed by atoms with van der Waals surface area (Å²) in [5, 5.41) is 3.04. The zero-order chi connectivity index (χ0) is 18.6. The standard InChI is InChI=1S/C22H26N4O/c1-2-26-20-11-7-6-10-19(20)24-21(26)16-25-14-12-17(13-15-25)22(27)23-18-8-4-3-5-9-18/h3-11,17H,2,12-16H2,1H3,(H,23,27). The van der Waals surface area contributed by atoms with Crippen LogP contribution in [-0.4, -0.2) is 33.4 Å². The lowest BCUT2D eigenvalue weighted by atomic mass is 9.96. The normalized spacial score (nSPS) is 15.9. The molecule has 1 fully saturated rings. The number of carbonyl (C=O) groups excluding carboxylic acids is 1. The van der Waals surface area contributed by atoms with E-state index in [-0.39, 0.29) is 11.8 Å². The van der Waals surface area contributed by atoms with Crippen LogP contribution in [0.5, 0.6) is 0 Å². The van der Waals surface area contributed by atoms with Gasteiger partial charge in [0.15, 0.2) is 0 Å². The largest absolute Gasteiger partial charge is 0.327 e. The third kappa shape index (κ3) is 3.88. The minimum Gasteiger partial charge on any atom is -0.327 e. The Morgan fingerprint density at radius 2 is 1.78 bits per heavy atom. The van der Waals surface area contributed by atoms with Crippen molar-refractivity contribution in [1.29, 1.82) is 0 Å². The highest BCUT2D eigenvalue weighted by molar-refractivity contribution is 5.92. The summed E-state index contributed by atoms with van der Waals surface area (Å²) in [7, 11) is 0. The molecular weight excluding hydrogens is 336 g/mol. The molecule has 140 valence electrons. The molecule has 4 rings (SSSR count). The van der Waals surface area contributed by atoms with Crippen molar-refractivity contribution in [2.45, 2.75) is 32.9 Å². The van der Waals surface area contributed by atoms with Crippen molar-refractivity contribution in [1.82, 2.24) is 14.5 Å².